The lowest BCUT2D eigenvalue weighted by Gasteiger charge is -2.42. The number of rotatable bonds is 3. The number of aromatic nitrogens is 4. The van der Waals surface area contributed by atoms with Crippen molar-refractivity contribution >= 4 is 11.7 Å². The van der Waals surface area contributed by atoms with Crippen molar-refractivity contribution in [1.29, 1.82) is 0 Å². The molecule has 0 radical (unpaired) electrons. The molecule has 1 aliphatic carbocycles. The number of aliphatic hydroxyl groups is 1. The molecular formula is C18H25N5O3. The molecule has 1 aliphatic heterocycles. The summed E-state index contributed by atoms with van der Waals surface area (Å²) < 4.78 is 7.51. The van der Waals surface area contributed by atoms with E-state index in [1.165, 1.54) is 6.33 Å². The van der Waals surface area contributed by atoms with Crippen molar-refractivity contribution in [3.05, 3.63) is 23.8 Å². The number of methoxy groups -OCH3 is 1. The van der Waals surface area contributed by atoms with Gasteiger partial charge in [-0.25, -0.2) is 9.50 Å². The summed E-state index contributed by atoms with van der Waals surface area (Å²) in [6.45, 7) is 4.71. The number of likely N-dealkylation sites (tertiary alicyclic amines) is 1. The van der Waals surface area contributed by atoms with Crippen LogP contribution in [0.5, 0.6) is 0 Å². The minimum Gasteiger partial charge on any atom is -0.393 e. The highest BCUT2D eigenvalue weighted by Crippen LogP contribution is 2.42. The zero-order valence-electron chi connectivity index (χ0n) is 15.4. The minimum absolute atomic E-state index is 0.123. The normalized spacial score (nSPS) is 28.7. The molecule has 2 aliphatic rings. The molecule has 1 N–H and O–H groups in total. The van der Waals surface area contributed by atoms with E-state index in [1.807, 2.05) is 18.7 Å². The summed E-state index contributed by atoms with van der Waals surface area (Å²) in [7, 11) is 1.70. The molecule has 3 atom stereocenters. The topological polar surface area (TPSA) is 92.9 Å². The maximum Gasteiger partial charge on any atom is 0.273 e. The largest absolute Gasteiger partial charge is 0.393 e. The first kappa shape index (κ1) is 17.4. The maximum absolute atomic E-state index is 13.3. The lowest BCUT2D eigenvalue weighted by Crippen LogP contribution is -2.52. The van der Waals surface area contributed by atoms with Gasteiger partial charge in [-0.2, -0.15) is 10.1 Å². The summed E-state index contributed by atoms with van der Waals surface area (Å²) in [6, 6.07) is 1.68. The molecule has 2 fully saturated rings. The van der Waals surface area contributed by atoms with Crippen LogP contribution in [0.3, 0.4) is 0 Å². The minimum atomic E-state index is -0.394. The first-order valence-electron chi connectivity index (χ1n) is 9.20. The van der Waals surface area contributed by atoms with Gasteiger partial charge in [0.1, 0.15) is 12.0 Å². The highest BCUT2D eigenvalue weighted by Gasteiger charge is 2.52. The fourth-order valence-corrected chi connectivity index (χ4v) is 4.42. The van der Waals surface area contributed by atoms with E-state index in [-0.39, 0.29) is 23.5 Å². The third-order valence-corrected chi connectivity index (χ3v) is 5.91. The summed E-state index contributed by atoms with van der Waals surface area (Å²) >= 11 is 0. The highest BCUT2D eigenvalue weighted by molar-refractivity contribution is 5.93. The summed E-state index contributed by atoms with van der Waals surface area (Å²) in [6.07, 6.45) is 3.88. The molecule has 3 heterocycles. The van der Waals surface area contributed by atoms with Crippen LogP contribution in [-0.4, -0.2) is 66.9 Å². The number of hydrogen-bond acceptors (Lipinski definition) is 6. The zero-order chi connectivity index (χ0) is 18.5. The third-order valence-electron chi connectivity index (χ3n) is 5.91. The molecule has 2 aromatic rings. The average Bonchev–Trinajstić information content (AvgIpc) is 3.24. The van der Waals surface area contributed by atoms with Gasteiger partial charge >= 0.3 is 0 Å². The van der Waals surface area contributed by atoms with Gasteiger partial charge in [-0.3, -0.25) is 4.79 Å². The number of carbonyl (C=O) groups is 1. The number of amides is 1. The Bertz CT molecular complexity index is 835. The van der Waals surface area contributed by atoms with Crippen LogP contribution in [0.4, 0.5) is 0 Å². The highest BCUT2D eigenvalue weighted by atomic mass is 16.5. The number of hydrogen-bond donors (Lipinski definition) is 1. The predicted octanol–water partition coefficient (Wildman–Crippen LogP) is 1.39. The number of nitrogens with zero attached hydrogens (tertiary/aromatic N) is 5. The van der Waals surface area contributed by atoms with E-state index in [9.17, 15) is 9.90 Å². The van der Waals surface area contributed by atoms with E-state index in [0.29, 0.717) is 30.9 Å². The second kappa shape index (κ2) is 6.28. The molecular weight excluding hydrogens is 334 g/mol. The molecule has 1 saturated heterocycles. The molecule has 8 heteroatoms. The predicted molar refractivity (Wildman–Crippen MR) is 93.9 cm³/mol. The van der Waals surface area contributed by atoms with E-state index in [2.05, 4.69) is 15.1 Å². The van der Waals surface area contributed by atoms with Gasteiger partial charge in [-0.05, 0) is 37.7 Å². The molecule has 140 valence electrons. The second-order valence-corrected chi connectivity index (χ2v) is 7.65. The Morgan fingerprint density at radius 1 is 1.42 bits per heavy atom. The van der Waals surface area contributed by atoms with Crippen molar-refractivity contribution in [2.75, 3.05) is 13.7 Å². The van der Waals surface area contributed by atoms with E-state index in [4.69, 9.17) is 4.74 Å². The van der Waals surface area contributed by atoms with Crippen LogP contribution in [0.15, 0.2) is 12.4 Å². The van der Waals surface area contributed by atoms with Crippen molar-refractivity contribution < 1.29 is 14.6 Å². The number of ether oxygens (including phenoxy) is 1. The van der Waals surface area contributed by atoms with Gasteiger partial charge in [-0.1, -0.05) is 13.8 Å². The Hall–Kier alpha value is -2.06. The number of aliphatic hydroxyl groups excluding tert-OH is 1. The van der Waals surface area contributed by atoms with E-state index in [1.54, 1.807) is 17.7 Å². The third kappa shape index (κ3) is 2.59. The van der Waals surface area contributed by atoms with Crippen molar-refractivity contribution in [1.82, 2.24) is 24.5 Å². The van der Waals surface area contributed by atoms with Gasteiger partial charge in [0.15, 0.2) is 0 Å². The molecule has 2 aromatic heterocycles. The maximum atomic E-state index is 13.3. The molecule has 0 aromatic carbocycles. The van der Waals surface area contributed by atoms with E-state index in [0.717, 1.165) is 18.5 Å². The van der Waals surface area contributed by atoms with Gasteiger partial charge in [0.2, 0.25) is 0 Å². The Morgan fingerprint density at radius 2 is 2.23 bits per heavy atom. The average molecular weight is 359 g/mol. The Morgan fingerprint density at radius 3 is 2.96 bits per heavy atom. The Kier molecular flexibility index (Phi) is 4.19. The molecule has 0 unspecified atom stereocenters. The molecule has 26 heavy (non-hydrogen) atoms. The van der Waals surface area contributed by atoms with Gasteiger partial charge in [0, 0.05) is 13.7 Å². The van der Waals surface area contributed by atoms with Crippen molar-refractivity contribution in [3.63, 3.8) is 0 Å². The SMILES string of the molecule is CO[C@@]12CC[C@H](O)C[C@@H]1N(C(=O)c1cc(C(C)C)n3ncnc3n1)CC2. The van der Waals surface area contributed by atoms with Gasteiger partial charge in [0.25, 0.3) is 11.7 Å². The monoisotopic (exact) mass is 359 g/mol. The molecule has 1 saturated carbocycles. The first-order valence-corrected chi connectivity index (χ1v) is 9.20. The van der Waals surface area contributed by atoms with Crippen molar-refractivity contribution in [3.8, 4) is 0 Å². The summed E-state index contributed by atoms with van der Waals surface area (Å²) in [4.78, 5) is 23.7. The van der Waals surface area contributed by atoms with Crippen LogP contribution < -0.4 is 0 Å². The number of carbonyl (C=O) groups excluding carboxylic acids is 1. The Balaban J connectivity index is 1.70. The van der Waals surface area contributed by atoms with Crippen LogP contribution in [0.2, 0.25) is 0 Å². The van der Waals surface area contributed by atoms with Gasteiger partial charge in [-0.15, -0.1) is 0 Å². The standard InChI is InChI=1S/C18H25N5O3/c1-11(2)14-9-13(21-17-19-10-20-23(14)17)16(25)22-7-6-18(26-3)5-4-12(24)8-15(18)22/h9-12,15,24H,4-8H2,1-3H3/t12-,15-,18+/m0/s1. The molecule has 0 bridgehead atoms. The fourth-order valence-electron chi connectivity index (χ4n) is 4.42. The van der Waals surface area contributed by atoms with Crippen LogP contribution in [-0.2, 0) is 4.74 Å². The zero-order valence-corrected chi connectivity index (χ0v) is 15.4. The van der Waals surface area contributed by atoms with E-state index < -0.39 is 6.10 Å². The number of fused-ring (bicyclic) bond motifs is 2. The molecule has 0 spiro atoms. The van der Waals surface area contributed by atoms with Gasteiger partial charge in [0.05, 0.1) is 23.4 Å². The van der Waals surface area contributed by atoms with Gasteiger partial charge < -0.3 is 14.7 Å². The van der Waals surface area contributed by atoms with E-state index >= 15 is 0 Å². The summed E-state index contributed by atoms with van der Waals surface area (Å²) in [5, 5.41) is 14.3. The van der Waals surface area contributed by atoms with Crippen LogP contribution in [0.25, 0.3) is 5.78 Å². The Labute approximate surface area is 152 Å². The first-order chi connectivity index (χ1) is 12.4. The van der Waals surface area contributed by atoms with Crippen molar-refractivity contribution in [2.24, 2.45) is 0 Å². The molecule has 4 rings (SSSR count). The fraction of sp³-hybridized carbons (Fsp3) is 0.667. The van der Waals surface area contributed by atoms with Crippen LogP contribution in [0.1, 0.15) is 61.6 Å². The molecule has 8 nitrogen and oxygen atoms in total. The second-order valence-electron chi connectivity index (χ2n) is 7.65. The lowest BCUT2D eigenvalue weighted by molar-refractivity contribution is -0.0824. The smallest absolute Gasteiger partial charge is 0.273 e. The quantitative estimate of drug-likeness (QED) is 0.890. The van der Waals surface area contributed by atoms with Crippen LogP contribution >= 0.6 is 0 Å². The summed E-state index contributed by atoms with van der Waals surface area (Å²) in [5.74, 6) is 0.484. The lowest BCUT2D eigenvalue weighted by atomic mass is 9.79. The van der Waals surface area contributed by atoms with Crippen LogP contribution in [0, 0.1) is 0 Å². The van der Waals surface area contributed by atoms with Crippen molar-refractivity contribution in [2.45, 2.75) is 63.2 Å². The molecule has 1 amide bonds. The summed E-state index contributed by atoms with van der Waals surface area (Å²) in [5.41, 5.74) is 0.923.